The predicted molar refractivity (Wildman–Crippen MR) is 173 cm³/mol. The fourth-order valence-corrected chi connectivity index (χ4v) is 4.97. The van der Waals surface area contributed by atoms with Gasteiger partial charge >= 0.3 is 12.1 Å². The SMILES string of the molecule is CCCCCCCCCCCCCCCCCCNC(=O)OCC(CONC(=O)N(Cc1cccc[n+]1CC)C(C)=O)OC. The number of urea groups is 1. The molecule has 0 aliphatic rings. The quantitative estimate of drug-likeness (QED) is 0.0656. The lowest BCUT2D eigenvalue weighted by molar-refractivity contribution is -0.701. The van der Waals surface area contributed by atoms with E-state index in [-0.39, 0.29) is 19.8 Å². The summed E-state index contributed by atoms with van der Waals surface area (Å²) in [6.07, 6.45) is 21.7. The summed E-state index contributed by atoms with van der Waals surface area (Å²) in [5, 5.41) is 2.77. The number of rotatable bonds is 26. The number of nitrogens with one attached hydrogen (secondary N) is 2. The zero-order valence-corrected chi connectivity index (χ0v) is 28.1. The zero-order valence-electron chi connectivity index (χ0n) is 28.1. The van der Waals surface area contributed by atoms with Gasteiger partial charge in [0.05, 0.1) is 0 Å². The van der Waals surface area contributed by atoms with Crippen molar-refractivity contribution in [2.75, 3.05) is 26.9 Å². The number of amides is 4. The normalized spacial score (nSPS) is 11.6. The largest absolute Gasteiger partial charge is 0.447 e. The van der Waals surface area contributed by atoms with Crippen LogP contribution in [0.15, 0.2) is 24.4 Å². The first-order valence-electron chi connectivity index (χ1n) is 17.0. The second-order valence-corrected chi connectivity index (χ2v) is 11.5. The highest BCUT2D eigenvalue weighted by Crippen LogP contribution is 2.13. The van der Waals surface area contributed by atoms with Crippen molar-refractivity contribution in [3.63, 3.8) is 0 Å². The summed E-state index contributed by atoms with van der Waals surface area (Å²) in [4.78, 5) is 43.1. The van der Waals surface area contributed by atoms with Crippen LogP contribution in [0.5, 0.6) is 0 Å². The van der Waals surface area contributed by atoms with E-state index < -0.39 is 24.1 Å². The Balaban J connectivity index is 2.06. The number of pyridine rings is 1. The van der Waals surface area contributed by atoms with Crippen LogP contribution in [0.3, 0.4) is 0 Å². The molecule has 2 N–H and O–H groups in total. The number of carbonyl (C=O) groups is 3. The van der Waals surface area contributed by atoms with Gasteiger partial charge in [-0.3, -0.25) is 14.5 Å². The van der Waals surface area contributed by atoms with Crippen molar-refractivity contribution in [3.8, 4) is 0 Å². The van der Waals surface area contributed by atoms with Crippen molar-refractivity contribution in [1.29, 1.82) is 0 Å². The lowest BCUT2D eigenvalue weighted by Gasteiger charge is -2.20. The maximum atomic E-state index is 12.6. The van der Waals surface area contributed by atoms with Crippen molar-refractivity contribution in [2.24, 2.45) is 0 Å². The highest BCUT2D eigenvalue weighted by molar-refractivity contribution is 5.92. The van der Waals surface area contributed by atoms with Gasteiger partial charge in [0.2, 0.25) is 11.6 Å². The molecule has 0 aliphatic heterocycles. The van der Waals surface area contributed by atoms with E-state index in [1.807, 2.05) is 35.9 Å². The Hall–Kier alpha value is -2.72. The molecule has 0 bridgehead atoms. The third-order valence-corrected chi connectivity index (χ3v) is 7.78. The number of aromatic nitrogens is 1. The van der Waals surface area contributed by atoms with Gasteiger partial charge < -0.3 is 14.8 Å². The summed E-state index contributed by atoms with van der Waals surface area (Å²) >= 11 is 0. The second-order valence-electron chi connectivity index (χ2n) is 11.5. The molecule has 10 heteroatoms. The molecule has 10 nitrogen and oxygen atoms in total. The van der Waals surface area contributed by atoms with Crippen LogP contribution < -0.4 is 15.4 Å². The molecule has 0 aromatic carbocycles. The van der Waals surface area contributed by atoms with Crippen LogP contribution in [0.2, 0.25) is 0 Å². The molecule has 1 aromatic rings. The van der Waals surface area contributed by atoms with Crippen molar-refractivity contribution in [2.45, 2.75) is 143 Å². The number of imide groups is 1. The van der Waals surface area contributed by atoms with E-state index in [2.05, 4.69) is 17.7 Å². The van der Waals surface area contributed by atoms with Gasteiger partial charge in [0.25, 0.3) is 0 Å². The first kappa shape index (κ1) is 39.3. The highest BCUT2D eigenvalue weighted by Gasteiger charge is 2.23. The highest BCUT2D eigenvalue weighted by atomic mass is 16.7. The minimum Gasteiger partial charge on any atom is -0.447 e. The second kappa shape index (κ2) is 26.7. The molecular weight excluding hydrogens is 560 g/mol. The smallest absolute Gasteiger partial charge is 0.407 e. The predicted octanol–water partition coefficient (Wildman–Crippen LogP) is 6.99. The van der Waals surface area contributed by atoms with Crippen LogP contribution in [0.4, 0.5) is 9.59 Å². The van der Waals surface area contributed by atoms with Gasteiger partial charge in [-0.1, -0.05) is 109 Å². The number of nitrogens with zero attached hydrogens (tertiary/aromatic N) is 2. The Labute approximate surface area is 266 Å². The van der Waals surface area contributed by atoms with Crippen LogP contribution in [0.25, 0.3) is 0 Å². The number of unbranched alkanes of at least 4 members (excludes halogenated alkanes) is 15. The molecule has 0 fully saturated rings. The Morgan fingerprint density at radius 2 is 1.39 bits per heavy atom. The van der Waals surface area contributed by atoms with Crippen molar-refractivity contribution < 1.29 is 33.3 Å². The molecular formula is C34H61N4O6+. The summed E-state index contributed by atoms with van der Waals surface area (Å²) in [5.41, 5.74) is 3.10. The van der Waals surface area contributed by atoms with Crippen LogP contribution in [-0.4, -0.2) is 55.9 Å². The summed E-state index contributed by atoms with van der Waals surface area (Å²) in [6.45, 7) is 6.88. The lowest BCUT2D eigenvalue weighted by Crippen LogP contribution is -2.47. The molecule has 0 radical (unpaired) electrons. The molecule has 0 aliphatic carbocycles. The maximum absolute atomic E-state index is 12.6. The number of ether oxygens (including phenoxy) is 2. The lowest BCUT2D eigenvalue weighted by atomic mass is 10.0. The molecule has 0 saturated carbocycles. The Morgan fingerprint density at radius 3 is 1.91 bits per heavy atom. The van der Waals surface area contributed by atoms with E-state index in [1.54, 1.807) is 0 Å². The van der Waals surface area contributed by atoms with Crippen molar-refractivity contribution in [3.05, 3.63) is 30.1 Å². The monoisotopic (exact) mass is 621 g/mol. The van der Waals surface area contributed by atoms with Crippen LogP contribution in [-0.2, 0) is 32.2 Å². The maximum Gasteiger partial charge on any atom is 0.407 e. The standard InChI is InChI=1S/C34H60N4O6/c1-5-7-8-9-10-11-12-13-14-15-16-17-18-19-20-22-25-35-34(41)43-28-32(42-4)29-44-36-33(40)38(30(3)39)27-31-24-21-23-26-37(31)6-2/h21,23-24,26,32H,5-20,22,25,27-29H2,1-4H3,(H-,35,36,40,41)/p+1. The van der Waals surface area contributed by atoms with Gasteiger partial charge in [-0.2, -0.15) is 0 Å². The number of hydrogen-bond acceptors (Lipinski definition) is 6. The van der Waals surface area contributed by atoms with Crippen LogP contribution in [0.1, 0.15) is 129 Å². The van der Waals surface area contributed by atoms with Gasteiger partial charge in [0.15, 0.2) is 6.20 Å². The Morgan fingerprint density at radius 1 is 0.818 bits per heavy atom. The molecule has 4 amide bonds. The first-order valence-corrected chi connectivity index (χ1v) is 17.0. The third-order valence-electron chi connectivity index (χ3n) is 7.78. The molecule has 1 rings (SSSR count). The molecule has 44 heavy (non-hydrogen) atoms. The van der Waals surface area contributed by atoms with E-state index in [9.17, 15) is 14.4 Å². The molecule has 0 spiro atoms. The number of hydroxylamine groups is 1. The molecule has 1 heterocycles. The van der Waals surface area contributed by atoms with E-state index in [0.29, 0.717) is 13.1 Å². The summed E-state index contributed by atoms with van der Waals surface area (Å²) in [7, 11) is 1.47. The molecule has 1 atom stereocenters. The van der Waals surface area contributed by atoms with E-state index >= 15 is 0 Å². The van der Waals surface area contributed by atoms with E-state index in [0.717, 1.165) is 23.4 Å². The third kappa shape index (κ3) is 19.5. The van der Waals surface area contributed by atoms with Gasteiger partial charge in [-0.25, -0.2) is 19.6 Å². The van der Waals surface area contributed by atoms with Crippen LogP contribution >= 0.6 is 0 Å². The first-order chi connectivity index (χ1) is 21.4. The van der Waals surface area contributed by atoms with Crippen molar-refractivity contribution in [1.82, 2.24) is 15.7 Å². The van der Waals surface area contributed by atoms with Crippen molar-refractivity contribution >= 4 is 18.0 Å². The summed E-state index contributed by atoms with van der Waals surface area (Å²) in [6, 6.07) is 4.92. The minimum atomic E-state index is -0.684. The fourth-order valence-electron chi connectivity index (χ4n) is 4.97. The summed E-state index contributed by atoms with van der Waals surface area (Å²) < 4.78 is 12.5. The van der Waals surface area contributed by atoms with E-state index in [1.165, 1.54) is 104 Å². The van der Waals surface area contributed by atoms with Gasteiger partial charge in [-0.05, 0) is 13.3 Å². The minimum absolute atomic E-state index is 0.0336. The van der Waals surface area contributed by atoms with Crippen LogP contribution in [0, 0.1) is 0 Å². The molecule has 0 saturated heterocycles. The van der Waals surface area contributed by atoms with E-state index in [4.69, 9.17) is 14.3 Å². The van der Waals surface area contributed by atoms with Gasteiger partial charge in [0.1, 0.15) is 32.4 Å². The number of aryl methyl sites for hydroxylation is 1. The number of hydrogen-bond donors (Lipinski definition) is 2. The number of carbonyl (C=O) groups excluding carboxylic acids is 3. The molecule has 252 valence electrons. The van der Waals surface area contributed by atoms with Gasteiger partial charge in [-0.15, -0.1) is 0 Å². The Kier molecular flexibility index (Phi) is 23.8. The molecule has 1 unspecified atom stereocenters. The average Bonchev–Trinajstić information content (AvgIpc) is 3.02. The zero-order chi connectivity index (χ0) is 32.3. The average molecular weight is 622 g/mol. The topological polar surface area (TPSA) is 110 Å². The Bertz CT molecular complexity index is 900. The number of methoxy groups -OCH3 is 1. The fraction of sp³-hybridized carbons (Fsp3) is 0.765. The van der Waals surface area contributed by atoms with Gasteiger partial charge in [0, 0.05) is 32.7 Å². The molecule has 1 aromatic heterocycles. The summed E-state index contributed by atoms with van der Waals surface area (Å²) in [5.74, 6) is -0.412. The number of alkyl carbamates (subject to hydrolysis) is 1.